The van der Waals surface area contributed by atoms with E-state index >= 15 is 0 Å². The van der Waals surface area contributed by atoms with E-state index < -0.39 is 17.3 Å². The van der Waals surface area contributed by atoms with Gasteiger partial charge in [-0.15, -0.1) is 0 Å². The smallest absolute Gasteiger partial charge is 0.306 e. The molecule has 0 spiro atoms. The average molecular weight is 427 g/mol. The first-order valence-electron chi connectivity index (χ1n) is 10.5. The van der Waals surface area contributed by atoms with Gasteiger partial charge in [-0.2, -0.15) is 4.98 Å². The second-order valence-electron chi connectivity index (χ2n) is 8.30. The fourth-order valence-electron chi connectivity index (χ4n) is 4.44. The van der Waals surface area contributed by atoms with Gasteiger partial charge in [0.2, 0.25) is 17.7 Å². The Labute approximate surface area is 182 Å². The summed E-state index contributed by atoms with van der Waals surface area (Å²) in [5.74, 6) is -0.516. The first-order valence-corrected chi connectivity index (χ1v) is 10.5. The van der Waals surface area contributed by atoms with E-state index in [9.17, 15) is 14.7 Å². The summed E-state index contributed by atoms with van der Waals surface area (Å²) in [4.78, 5) is 29.6. The first-order chi connectivity index (χ1) is 14.8. The van der Waals surface area contributed by atoms with Crippen LogP contribution in [0.1, 0.15) is 56.6 Å². The molecule has 2 N–H and O–H groups in total. The lowest BCUT2D eigenvalue weighted by atomic mass is 9.64. The molecular formula is C24H30N2O5. The monoisotopic (exact) mass is 426 g/mol. The van der Waals surface area contributed by atoms with Gasteiger partial charge >= 0.3 is 5.97 Å². The molecule has 1 aromatic heterocycles. The van der Waals surface area contributed by atoms with Gasteiger partial charge < -0.3 is 19.9 Å². The van der Waals surface area contributed by atoms with E-state index in [2.05, 4.69) is 24.1 Å². The molecule has 1 amide bonds. The second-order valence-corrected chi connectivity index (χ2v) is 8.30. The SMILES string of the molecule is COc1ccc(NC(=O)C2(c3ccccc3C(C)C)CCC(C(=O)O)CC2)c(OC)n1. The molecule has 0 saturated heterocycles. The van der Waals surface area contributed by atoms with Crippen molar-refractivity contribution in [2.24, 2.45) is 5.92 Å². The third-order valence-corrected chi connectivity index (χ3v) is 6.21. The minimum Gasteiger partial charge on any atom is -0.481 e. The van der Waals surface area contributed by atoms with Crippen LogP contribution in [0, 0.1) is 5.92 Å². The third kappa shape index (κ3) is 4.50. The zero-order valence-corrected chi connectivity index (χ0v) is 18.5. The number of ether oxygens (including phenoxy) is 2. The third-order valence-electron chi connectivity index (χ3n) is 6.21. The molecule has 1 aromatic carbocycles. The largest absolute Gasteiger partial charge is 0.481 e. The van der Waals surface area contributed by atoms with Crippen molar-refractivity contribution in [2.45, 2.75) is 50.9 Å². The van der Waals surface area contributed by atoms with Crippen molar-refractivity contribution in [1.82, 2.24) is 4.98 Å². The Hall–Kier alpha value is -3.09. The number of carbonyl (C=O) groups is 2. The summed E-state index contributed by atoms with van der Waals surface area (Å²) in [5, 5.41) is 12.5. The Morgan fingerprint density at radius 1 is 1.10 bits per heavy atom. The summed E-state index contributed by atoms with van der Waals surface area (Å²) >= 11 is 0. The number of nitrogens with one attached hydrogen (secondary N) is 1. The molecule has 0 radical (unpaired) electrons. The van der Waals surface area contributed by atoms with Crippen molar-refractivity contribution >= 4 is 17.6 Å². The van der Waals surface area contributed by atoms with Crippen LogP contribution in [0.4, 0.5) is 5.69 Å². The lowest BCUT2D eigenvalue weighted by Crippen LogP contribution is -2.45. The average Bonchev–Trinajstić information content (AvgIpc) is 2.79. The number of aromatic nitrogens is 1. The number of hydrogen-bond donors (Lipinski definition) is 2. The molecule has 0 bridgehead atoms. The minimum absolute atomic E-state index is 0.172. The molecule has 1 heterocycles. The number of methoxy groups -OCH3 is 2. The molecule has 3 rings (SSSR count). The number of carboxylic acid groups (broad SMARTS) is 1. The van der Waals surface area contributed by atoms with Gasteiger partial charge in [0.1, 0.15) is 5.69 Å². The predicted molar refractivity (Wildman–Crippen MR) is 118 cm³/mol. The predicted octanol–water partition coefficient (Wildman–Crippen LogP) is 4.37. The zero-order chi connectivity index (χ0) is 22.6. The molecular weight excluding hydrogens is 396 g/mol. The highest BCUT2D eigenvalue weighted by atomic mass is 16.5. The van der Waals surface area contributed by atoms with Gasteiger partial charge in [0.05, 0.1) is 25.6 Å². The summed E-state index contributed by atoms with van der Waals surface area (Å²) < 4.78 is 10.5. The molecule has 166 valence electrons. The van der Waals surface area contributed by atoms with Crippen molar-refractivity contribution in [1.29, 1.82) is 0 Å². The van der Waals surface area contributed by atoms with E-state index in [1.54, 1.807) is 12.1 Å². The van der Waals surface area contributed by atoms with Gasteiger partial charge in [-0.3, -0.25) is 9.59 Å². The number of pyridine rings is 1. The highest BCUT2D eigenvalue weighted by Gasteiger charge is 2.46. The second kappa shape index (κ2) is 9.37. The summed E-state index contributed by atoms with van der Waals surface area (Å²) in [5.41, 5.74) is 1.70. The van der Waals surface area contributed by atoms with E-state index in [-0.39, 0.29) is 17.7 Å². The quantitative estimate of drug-likeness (QED) is 0.682. The molecule has 7 heteroatoms. The maximum atomic E-state index is 13.8. The van der Waals surface area contributed by atoms with E-state index in [1.165, 1.54) is 14.2 Å². The number of rotatable bonds is 7. The van der Waals surface area contributed by atoms with Crippen LogP contribution in [0.3, 0.4) is 0 Å². The van der Waals surface area contributed by atoms with Crippen LogP contribution in [0.2, 0.25) is 0 Å². The lowest BCUT2D eigenvalue weighted by Gasteiger charge is -2.40. The number of anilines is 1. The zero-order valence-electron chi connectivity index (χ0n) is 18.5. The normalized spacial score (nSPS) is 20.9. The number of benzene rings is 1. The van der Waals surface area contributed by atoms with Crippen molar-refractivity contribution in [3.63, 3.8) is 0 Å². The molecule has 7 nitrogen and oxygen atoms in total. The van der Waals surface area contributed by atoms with Gasteiger partial charge in [0.15, 0.2) is 0 Å². The highest BCUT2D eigenvalue weighted by molar-refractivity contribution is 6.00. The van der Waals surface area contributed by atoms with Gasteiger partial charge in [0, 0.05) is 6.07 Å². The molecule has 0 aliphatic heterocycles. The molecule has 1 saturated carbocycles. The number of carbonyl (C=O) groups excluding carboxylic acids is 1. The van der Waals surface area contributed by atoms with Crippen molar-refractivity contribution in [2.75, 3.05) is 19.5 Å². The Morgan fingerprint density at radius 2 is 1.77 bits per heavy atom. The van der Waals surface area contributed by atoms with Crippen molar-refractivity contribution in [3.8, 4) is 11.8 Å². The maximum Gasteiger partial charge on any atom is 0.306 e. The Balaban J connectivity index is 2.02. The van der Waals surface area contributed by atoms with Gasteiger partial charge in [-0.05, 0) is 48.8 Å². The van der Waals surface area contributed by atoms with Crippen LogP contribution in [0.25, 0.3) is 0 Å². The summed E-state index contributed by atoms with van der Waals surface area (Å²) in [6.45, 7) is 4.20. The molecule has 1 aliphatic rings. The fraction of sp³-hybridized carbons (Fsp3) is 0.458. The number of carboxylic acids is 1. The first kappa shape index (κ1) is 22.6. The Bertz CT molecular complexity index is 949. The minimum atomic E-state index is -0.822. The fourth-order valence-corrected chi connectivity index (χ4v) is 4.44. The summed E-state index contributed by atoms with van der Waals surface area (Å²) in [6, 6.07) is 11.3. The van der Waals surface area contributed by atoms with Gasteiger partial charge in [-0.25, -0.2) is 0 Å². The van der Waals surface area contributed by atoms with Gasteiger partial charge in [0.25, 0.3) is 0 Å². The number of hydrogen-bond acceptors (Lipinski definition) is 5. The highest BCUT2D eigenvalue weighted by Crippen LogP contribution is 2.45. The Kier molecular flexibility index (Phi) is 6.83. The molecule has 0 unspecified atom stereocenters. The summed E-state index contributed by atoms with van der Waals surface area (Å²) in [6.07, 6.45) is 1.83. The van der Waals surface area contributed by atoms with Crippen LogP contribution in [0.15, 0.2) is 36.4 Å². The lowest BCUT2D eigenvalue weighted by molar-refractivity contribution is -0.144. The van der Waals surface area contributed by atoms with Crippen LogP contribution < -0.4 is 14.8 Å². The standard InChI is InChI=1S/C24H30N2O5/c1-15(2)17-7-5-6-8-18(17)24(13-11-16(12-14-24)22(27)28)23(29)25-19-9-10-20(30-3)26-21(19)31-4/h5-10,15-16H,11-14H2,1-4H3,(H,25,29)(H,27,28). The molecule has 1 aliphatic carbocycles. The number of aliphatic carboxylic acids is 1. The van der Waals surface area contributed by atoms with Crippen molar-refractivity contribution in [3.05, 3.63) is 47.5 Å². The maximum absolute atomic E-state index is 13.8. The molecule has 31 heavy (non-hydrogen) atoms. The number of amides is 1. The van der Waals surface area contributed by atoms with Crippen LogP contribution >= 0.6 is 0 Å². The van der Waals surface area contributed by atoms with Gasteiger partial charge in [-0.1, -0.05) is 38.1 Å². The number of nitrogens with zero attached hydrogens (tertiary/aromatic N) is 1. The topological polar surface area (TPSA) is 97.8 Å². The van der Waals surface area contributed by atoms with E-state index in [0.29, 0.717) is 37.3 Å². The van der Waals surface area contributed by atoms with Crippen molar-refractivity contribution < 1.29 is 24.2 Å². The van der Waals surface area contributed by atoms with Crippen LogP contribution in [-0.4, -0.2) is 36.2 Å². The molecule has 1 fully saturated rings. The molecule has 0 atom stereocenters. The van der Waals surface area contributed by atoms with Crippen LogP contribution in [0.5, 0.6) is 11.8 Å². The van der Waals surface area contributed by atoms with E-state index in [0.717, 1.165) is 11.1 Å². The van der Waals surface area contributed by atoms with E-state index in [1.807, 2.05) is 24.3 Å². The Morgan fingerprint density at radius 3 is 2.35 bits per heavy atom. The van der Waals surface area contributed by atoms with Crippen LogP contribution in [-0.2, 0) is 15.0 Å². The summed E-state index contributed by atoms with van der Waals surface area (Å²) in [7, 11) is 3.00. The van der Waals surface area contributed by atoms with E-state index in [4.69, 9.17) is 9.47 Å². The molecule has 2 aromatic rings.